The summed E-state index contributed by atoms with van der Waals surface area (Å²) in [4.78, 5) is 22.3. The molecule has 8 nitrogen and oxygen atoms in total. The molecule has 0 bridgehead atoms. The van der Waals surface area contributed by atoms with Crippen LogP contribution < -0.4 is 15.4 Å². The number of benzene rings is 2. The molecule has 3 aromatic rings. The van der Waals surface area contributed by atoms with E-state index < -0.39 is 37.1 Å². The van der Waals surface area contributed by atoms with E-state index in [1.54, 1.807) is 26.0 Å². The highest BCUT2D eigenvalue weighted by Crippen LogP contribution is 2.49. The summed E-state index contributed by atoms with van der Waals surface area (Å²) in [6, 6.07) is 6.57. The third kappa shape index (κ3) is 5.23. The van der Waals surface area contributed by atoms with Crippen molar-refractivity contribution in [1.82, 2.24) is 14.9 Å². The first-order valence-corrected chi connectivity index (χ1v) is 13.8. The van der Waals surface area contributed by atoms with E-state index in [4.69, 9.17) is 9.47 Å². The van der Waals surface area contributed by atoms with Crippen molar-refractivity contribution in [3.8, 4) is 5.75 Å². The maximum atomic E-state index is 14.8. The minimum absolute atomic E-state index is 0.0685. The number of ether oxygens (including phenoxy) is 2. The Bertz CT molecular complexity index is 1380. The Morgan fingerprint density at radius 1 is 1.14 bits per heavy atom. The maximum Gasteiger partial charge on any atom is 0.409 e. The van der Waals surface area contributed by atoms with E-state index in [0.29, 0.717) is 33.6 Å². The van der Waals surface area contributed by atoms with E-state index in [1.807, 2.05) is 0 Å². The number of amides is 1. The predicted octanol–water partition coefficient (Wildman–Crippen LogP) is 5.27. The van der Waals surface area contributed by atoms with Gasteiger partial charge in [-0.15, -0.1) is 0 Å². The largest absolute Gasteiger partial charge is 0.496 e. The molecule has 0 unspecified atom stereocenters. The summed E-state index contributed by atoms with van der Waals surface area (Å²) >= 11 is 0. The molecule has 4 rings (SSSR count). The Hall–Kier alpha value is -3.33. The number of alkyl halides is 2. The van der Waals surface area contributed by atoms with Crippen LogP contribution in [0.3, 0.4) is 0 Å². The van der Waals surface area contributed by atoms with Crippen LogP contribution in [0.15, 0.2) is 30.3 Å². The molecule has 0 saturated carbocycles. The lowest BCUT2D eigenvalue weighted by Crippen LogP contribution is -2.41. The number of aryl methyl sites for hydroxylation is 1. The van der Waals surface area contributed by atoms with Crippen LogP contribution in [0.1, 0.15) is 36.3 Å². The summed E-state index contributed by atoms with van der Waals surface area (Å²) < 4.78 is 65.6. The fourth-order valence-electron chi connectivity index (χ4n) is 4.55. The van der Waals surface area contributed by atoms with Gasteiger partial charge in [0.15, 0.2) is 0 Å². The minimum atomic E-state index is -2.96. The lowest BCUT2D eigenvalue weighted by Gasteiger charge is -2.32. The Labute approximate surface area is 212 Å². The molecule has 1 saturated heterocycles. The van der Waals surface area contributed by atoms with Gasteiger partial charge in [0, 0.05) is 42.4 Å². The number of anilines is 1. The van der Waals surface area contributed by atoms with Crippen molar-refractivity contribution in [2.24, 2.45) is 0 Å². The SMILES string of the molecule is COC(=O)N1CCP(=O)(c2cc3c(N[C@H](C)c4cccc(C(F)F)c4F)nc(C)nc3cc2OC)CC1. The zero-order valence-electron chi connectivity index (χ0n) is 20.9. The van der Waals surface area contributed by atoms with Crippen molar-refractivity contribution in [2.75, 3.05) is 44.9 Å². The van der Waals surface area contributed by atoms with Crippen molar-refractivity contribution < 1.29 is 32.0 Å². The number of halogens is 3. The lowest BCUT2D eigenvalue weighted by atomic mass is 10.0. The van der Waals surface area contributed by atoms with Crippen LogP contribution in [0.5, 0.6) is 5.75 Å². The average Bonchev–Trinajstić information content (AvgIpc) is 2.87. The molecule has 1 atom stereocenters. The van der Waals surface area contributed by atoms with E-state index in [0.717, 1.165) is 6.07 Å². The molecule has 2 heterocycles. The number of hydrogen-bond donors (Lipinski definition) is 1. The molecule has 37 heavy (non-hydrogen) atoms. The zero-order chi connectivity index (χ0) is 26.9. The van der Waals surface area contributed by atoms with E-state index in [9.17, 15) is 22.5 Å². The van der Waals surface area contributed by atoms with E-state index in [2.05, 4.69) is 15.3 Å². The Kier molecular flexibility index (Phi) is 7.64. The topological polar surface area (TPSA) is 93.7 Å². The van der Waals surface area contributed by atoms with Crippen LogP contribution in [0.2, 0.25) is 0 Å². The molecular weight excluding hydrogens is 508 g/mol. The van der Waals surface area contributed by atoms with Gasteiger partial charge in [-0.25, -0.2) is 27.9 Å². The number of nitrogens with one attached hydrogen (secondary N) is 1. The smallest absolute Gasteiger partial charge is 0.409 e. The summed E-state index contributed by atoms with van der Waals surface area (Å²) in [7, 11) is -0.179. The average molecular weight is 536 g/mol. The zero-order valence-corrected chi connectivity index (χ0v) is 21.8. The highest BCUT2D eigenvalue weighted by atomic mass is 31.2. The third-order valence-corrected chi connectivity index (χ3v) is 9.63. The first-order valence-electron chi connectivity index (χ1n) is 11.7. The van der Waals surface area contributed by atoms with Crippen LogP contribution >= 0.6 is 7.14 Å². The van der Waals surface area contributed by atoms with Crippen molar-refractivity contribution in [1.29, 1.82) is 0 Å². The first-order chi connectivity index (χ1) is 17.6. The Morgan fingerprint density at radius 2 is 1.81 bits per heavy atom. The predicted molar refractivity (Wildman–Crippen MR) is 135 cm³/mol. The number of hydrogen-bond acceptors (Lipinski definition) is 7. The summed E-state index contributed by atoms with van der Waals surface area (Å²) in [6.45, 7) is 3.89. The van der Waals surface area contributed by atoms with Crippen LogP contribution in [-0.2, 0) is 9.30 Å². The van der Waals surface area contributed by atoms with E-state index >= 15 is 0 Å². The number of methoxy groups -OCH3 is 2. The highest BCUT2D eigenvalue weighted by Gasteiger charge is 2.35. The fourth-order valence-corrected chi connectivity index (χ4v) is 7.30. The quantitative estimate of drug-likeness (QED) is 0.429. The molecule has 1 aromatic heterocycles. The van der Waals surface area contributed by atoms with Gasteiger partial charge in [-0.1, -0.05) is 18.2 Å². The van der Waals surface area contributed by atoms with Gasteiger partial charge < -0.3 is 24.3 Å². The normalized spacial score (nSPS) is 16.1. The van der Waals surface area contributed by atoms with E-state index in [-0.39, 0.29) is 31.0 Å². The van der Waals surface area contributed by atoms with Gasteiger partial charge in [0.2, 0.25) is 0 Å². The van der Waals surface area contributed by atoms with Crippen molar-refractivity contribution >= 4 is 35.3 Å². The second kappa shape index (κ2) is 10.6. The van der Waals surface area contributed by atoms with Crippen LogP contribution in [-0.4, -0.2) is 60.6 Å². The molecule has 1 N–H and O–H groups in total. The molecule has 2 aromatic carbocycles. The number of carbonyl (C=O) groups is 1. The van der Waals surface area contributed by atoms with Gasteiger partial charge in [0.25, 0.3) is 6.43 Å². The van der Waals surface area contributed by atoms with Gasteiger partial charge in [-0.05, 0) is 19.9 Å². The van der Waals surface area contributed by atoms with Gasteiger partial charge >= 0.3 is 6.09 Å². The summed E-state index contributed by atoms with van der Waals surface area (Å²) in [5, 5.41) is 4.16. The molecule has 1 amide bonds. The van der Waals surface area contributed by atoms with Crippen molar-refractivity contribution in [2.45, 2.75) is 26.3 Å². The Morgan fingerprint density at radius 3 is 2.43 bits per heavy atom. The number of rotatable bonds is 6. The second-order valence-electron chi connectivity index (χ2n) is 8.87. The van der Waals surface area contributed by atoms with Gasteiger partial charge in [-0.3, -0.25) is 0 Å². The molecule has 0 spiro atoms. The molecule has 1 aliphatic heterocycles. The van der Waals surface area contributed by atoms with Gasteiger partial charge in [-0.2, -0.15) is 0 Å². The highest BCUT2D eigenvalue weighted by molar-refractivity contribution is 7.72. The Balaban J connectivity index is 1.74. The van der Waals surface area contributed by atoms with Crippen LogP contribution in [0.4, 0.5) is 23.8 Å². The minimum Gasteiger partial charge on any atom is -0.496 e. The van der Waals surface area contributed by atoms with Crippen LogP contribution in [0, 0.1) is 12.7 Å². The summed E-state index contributed by atoms with van der Waals surface area (Å²) in [5.74, 6) is 0.212. The monoisotopic (exact) mass is 536 g/mol. The molecular formula is C25H28F3N4O4P. The second-order valence-corrected chi connectivity index (χ2v) is 12.0. The molecule has 1 fully saturated rings. The molecule has 0 radical (unpaired) electrons. The van der Waals surface area contributed by atoms with Crippen molar-refractivity contribution in [3.63, 3.8) is 0 Å². The number of nitrogens with zero attached hydrogens (tertiary/aromatic N) is 3. The van der Waals surface area contributed by atoms with Crippen LogP contribution in [0.25, 0.3) is 10.9 Å². The van der Waals surface area contributed by atoms with Gasteiger partial charge in [0.1, 0.15) is 30.4 Å². The number of carbonyl (C=O) groups excluding carboxylic acids is 1. The lowest BCUT2D eigenvalue weighted by molar-refractivity contribution is 0.127. The van der Waals surface area contributed by atoms with Gasteiger partial charge in [0.05, 0.1) is 36.6 Å². The molecule has 1 aliphatic rings. The summed E-state index contributed by atoms with van der Waals surface area (Å²) in [6.07, 6.45) is -2.90. The third-order valence-electron chi connectivity index (χ3n) is 6.56. The number of fused-ring (bicyclic) bond motifs is 1. The number of aromatic nitrogens is 2. The molecule has 0 aliphatic carbocycles. The maximum absolute atomic E-state index is 14.8. The molecule has 12 heteroatoms. The standard InChI is InChI=1S/C25H28F3N4O4P/c1-14(16-6-5-7-17(22(16)26)23(27)28)29-24-18-12-21(20(35-3)13-19(18)30-15(2)31-24)37(34)10-8-32(9-11-37)25(33)36-4/h5-7,12-14,23H,8-11H2,1-4H3,(H,29,30,31)/t14-/m1/s1. The van der Waals surface area contributed by atoms with Crippen molar-refractivity contribution in [3.05, 3.63) is 53.1 Å². The summed E-state index contributed by atoms with van der Waals surface area (Å²) in [5.41, 5.74) is -0.0818. The molecule has 198 valence electrons. The fraction of sp³-hybridized carbons (Fsp3) is 0.400. The van der Waals surface area contributed by atoms with E-state index in [1.165, 1.54) is 31.3 Å². The first kappa shape index (κ1) is 26.7.